The molecule has 1 aliphatic carbocycles. The Bertz CT molecular complexity index is 1220. The van der Waals surface area contributed by atoms with Gasteiger partial charge in [-0.25, -0.2) is 4.98 Å². The molecule has 8 heteroatoms. The average Bonchev–Trinajstić information content (AvgIpc) is 2.80. The summed E-state index contributed by atoms with van der Waals surface area (Å²) in [6.07, 6.45) is 7.18. The monoisotopic (exact) mass is 561 g/mol. The van der Waals surface area contributed by atoms with Crippen molar-refractivity contribution in [2.75, 3.05) is 13.7 Å². The Morgan fingerprint density at radius 1 is 1.16 bits per heavy atom. The molecule has 32 heavy (non-hydrogen) atoms. The van der Waals surface area contributed by atoms with E-state index in [0.29, 0.717) is 34.6 Å². The molecule has 0 bridgehead atoms. The van der Waals surface area contributed by atoms with Crippen molar-refractivity contribution in [3.05, 3.63) is 61.0 Å². The molecule has 3 aromatic rings. The van der Waals surface area contributed by atoms with Gasteiger partial charge < -0.3 is 9.47 Å². The van der Waals surface area contributed by atoms with Crippen LogP contribution in [-0.2, 0) is 0 Å². The second-order valence-electron chi connectivity index (χ2n) is 7.79. The molecule has 0 saturated heterocycles. The number of nitrogens with zero attached hydrogens (tertiary/aromatic N) is 3. The van der Waals surface area contributed by atoms with E-state index in [9.17, 15) is 4.79 Å². The van der Waals surface area contributed by atoms with Crippen LogP contribution in [0.2, 0.25) is 0 Å². The normalized spacial score (nSPS) is 14.9. The molecule has 0 N–H and O–H groups in total. The second kappa shape index (κ2) is 10.2. The van der Waals surface area contributed by atoms with Crippen molar-refractivity contribution in [1.82, 2.24) is 9.66 Å². The van der Waals surface area contributed by atoms with Gasteiger partial charge in [0.1, 0.15) is 5.82 Å². The molecule has 0 radical (unpaired) electrons. The zero-order chi connectivity index (χ0) is 22.7. The molecule has 168 valence electrons. The van der Waals surface area contributed by atoms with Crippen molar-refractivity contribution in [2.45, 2.75) is 44.9 Å². The van der Waals surface area contributed by atoms with Crippen molar-refractivity contribution >= 4 is 49.0 Å². The summed E-state index contributed by atoms with van der Waals surface area (Å²) >= 11 is 6.98. The minimum absolute atomic E-state index is 0.173. The fourth-order valence-corrected chi connectivity index (χ4v) is 4.97. The molecule has 1 heterocycles. The maximum absolute atomic E-state index is 13.5. The molecule has 0 aliphatic heterocycles. The van der Waals surface area contributed by atoms with Crippen molar-refractivity contribution in [3.8, 4) is 11.5 Å². The van der Waals surface area contributed by atoms with Gasteiger partial charge in [-0.3, -0.25) is 4.79 Å². The minimum atomic E-state index is -0.173. The number of rotatable bonds is 6. The summed E-state index contributed by atoms with van der Waals surface area (Å²) in [7, 11) is 1.60. The lowest BCUT2D eigenvalue weighted by Gasteiger charge is -2.22. The third-order valence-electron chi connectivity index (χ3n) is 5.67. The molecule has 0 unspecified atom stereocenters. The van der Waals surface area contributed by atoms with E-state index in [1.807, 2.05) is 31.2 Å². The molecule has 0 atom stereocenters. The zero-order valence-electron chi connectivity index (χ0n) is 18.1. The summed E-state index contributed by atoms with van der Waals surface area (Å²) in [6, 6.07) is 9.34. The first kappa shape index (κ1) is 23.0. The third-order valence-corrected chi connectivity index (χ3v) is 6.62. The van der Waals surface area contributed by atoms with Gasteiger partial charge in [-0.2, -0.15) is 9.78 Å². The molecule has 1 fully saturated rings. The van der Waals surface area contributed by atoms with Crippen molar-refractivity contribution < 1.29 is 9.47 Å². The Hall–Kier alpha value is -2.19. The Kier molecular flexibility index (Phi) is 7.30. The molecule has 1 aromatic heterocycles. The summed E-state index contributed by atoms with van der Waals surface area (Å²) < 4.78 is 14.4. The second-order valence-corrected chi connectivity index (χ2v) is 9.62. The van der Waals surface area contributed by atoms with Gasteiger partial charge in [0.2, 0.25) is 0 Å². The van der Waals surface area contributed by atoms with E-state index >= 15 is 0 Å². The number of ether oxygens (including phenoxy) is 2. The van der Waals surface area contributed by atoms with Crippen molar-refractivity contribution in [1.29, 1.82) is 0 Å². The first-order valence-electron chi connectivity index (χ1n) is 10.8. The summed E-state index contributed by atoms with van der Waals surface area (Å²) in [5.74, 6) is 2.12. The van der Waals surface area contributed by atoms with E-state index in [1.54, 1.807) is 19.4 Å². The lowest BCUT2D eigenvalue weighted by molar-refractivity contribution is 0.310. The first-order chi connectivity index (χ1) is 15.5. The van der Waals surface area contributed by atoms with Crippen LogP contribution in [-0.4, -0.2) is 29.6 Å². The Labute approximate surface area is 203 Å². The zero-order valence-corrected chi connectivity index (χ0v) is 21.3. The fraction of sp³-hybridized carbons (Fsp3) is 0.375. The number of halogens is 2. The molecular weight excluding hydrogens is 538 g/mol. The molecule has 4 rings (SSSR count). The van der Waals surface area contributed by atoms with E-state index < -0.39 is 0 Å². The number of benzene rings is 2. The number of aromatic nitrogens is 2. The maximum atomic E-state index is 13.5. The van der Waals surface area contributed by atoms with Crippen molar-refractivity contribution in [2.24, 2.45) is 5.10 Å². The van der Waals surface area contributed by atoms with Gasteiger partial charge in [0.05, 0.1) is 30.8 Å². The standard InChI is InChI=1S/C24H25Br2N3O3/c1-3-32-22-16(11-18(26)13-21(22)31-2)14-27-29-23(15-7-5-4-6-8-15)28-20-10-9-17(25)12-19(20)24(29)30/h9-15H,3-8H2,1-2H3. The predicted molar refractivity (Wildman–Crippen MR) is 134 cm³/mol. The first-order valence-corrected chi connectivity index (χ1v) is 12.4. The van der Waals surface area contributed by atoms with Crippen LogP contribution in [0, 0.1) is 0 Å². The van der Waals surface area contributed by atoms with Gasteiger partial charge in [0.15, 0.2) is 11.5 Å². The molecule has 0 spiro atoms. The molecule has 0 amide bonds. The van der Waals surface area contributed by atoms with Crippen LogP contribution < -0.4 is 15.0 Å². The SMILES string of the molecule is CCOc1c(C=Nn2c(C3CCCCC3)nc3ccc(Br)cc3c2=O)cc(Br)cc1OC. The van der Waals surface area contributed by atoms with E-state index in [-0.39, 0.29) is 11.5 Å². The minimum Gasteiger partial charge on any atom is -0.493 e. The van der Waals surface area contributed by atoms with Crippen LogP contribution in [0.4, 0.5) is 0 Å². The van der Waals surface area contributed by atoms with E-state index in [1.165, 1.54) is 11.1 Å². The van der Waals surface area contributed by atoms with E-state index in [2.05, 4.69) is 37.0 Å². The summed E-state index contributed by atoms with van der Waals surface area (Å²) in [5.41, 5.74) is 1.24. The van der Waals surface area contributed by atoms with Gasteiger partial charge in [0.25, 0.3) is 5.56 Å². The highest BCUT2D eigenvalue weighted by Gasteiger charge is 2.22. The number of hydrogen-bond acceptors (Lipinski definition) is 5. The van der Waals surface area contributed by atoms with Crippen LogP contribution in [0.25, 0.3) is 10.9 Å². The summed E-state index contributed by atoms with van der Waals surface area (Å²) in [4.78, 5) is 18.4. The van der Waals surface area contributed by atoms with Crippen LogP contribution in [0.5, 0.6) is 11.5 Å². The average molecular weight is 563 g/mol. The van der Waals surface area contributed by atoms with Gasteiger partial charge in [-0.05, 0) is 50.1 Å². The molecule has 1 aliphatic rings. The number of fused-ring (bicyclic) bond motifs is 1. The lowest BCUT2D eigenvalue weighted by Crippen LogP contribution is -2.25. The Balaban J connectivity index is 1.88. The Morgan fingerprint density at radius 3 is 2.66 bits per heavy atom. The number of hydrogen-bond donors (Lipinski definition) is 0. The summed E-state index contributed by atoms with van der Waals surface area (Å²) in [6.45, 7) is 2.40. The maximum Gasteiger partial charge on any atom is 0.282 e. The molecular formula is C24H25Br2N3O3. The fourth-order valence-electron chi connectivity index (χ4n) is 4.16. The van der Waals surface area contributed by atoms with E-state index in [0.717, 1.165) is 40.5 Å². The van der Waals surface area contributed by atoms with Crippen LogP contribution in [0.1, 0.15) is 56.3 Å². The predicted octanol–water partition coefficient (Wildman–Crippen LogP) is 6.26. The topological polar surface area (TPSA) is 65.7 Å². The third kappa shape index (κ3) is 4.76. The summed E-state index contributed by atoms with van der Waals surface area (Å²) in [5, 5.41) is 5.17. The van der Waals surface area contributed by atoms with Gasteiger partial charge in [0, 0.05) is 20.4 Å². The van der Waals surface area contributed by atoms with Crippen molar-refractivity contribution in [3.63, 3.8) is 0 Å². The Morgan fingerprint density at radius 2 is 1.94 bits per heavy atom. The van der Waals surface area contributed by atoms with Crippen LogP contribution >= 0.6 is 31.9 Å². The lowest BCUT2D eigenvalue weighted by atomic mass is 9.88. The van der Waals surface area contributed by atoms with Gasteiger partial charge in [-0.15, -0.1) is 0 Å². The number of methoxy groups -OCH3 is 1. The highest BCUT2D eigenvalue weighted by Crippen LogP contribution is 2.35. The highest BCUT2D eigenvalue weighted by atomic mass is 79.9. The van der Waals surface area contributed by atoms with Gasteiger partial charge >= 0.3 is 0 Å². The van der Waals surface area contributed by atoms with Crippen LogP contribution in [0.15, 0.2) is 49.2 Å². The molecule has 1 saturated carbocycles. The van der Waals surface area contributed by atoms with Crippen LogP contribution in [0.3, 0.4) is 0 Å². The molecule has 6 nitrogen and oxygen atoms in total. The highest BCUT2D eigenvalue weighted by molar-refractivity contribution is 9.10. The van der Waals surface area contributed by atoms with Gasteiger partial charge in [-0.1, -0.05) is 51.1 Å². The molecule has 2 aromatic carbocycles. The largest absolute Gasteiger partial charge is 0.493 e. The van der Waals surface area contributed by atoms with E-state index in [4.69, 9.17) is 14.5 Å². The quantitative estimate of drug-likeness (QED) is 0.333. The smallest absolute Gasteiger partial charge is 0.282 e.